The number of esters is 1. The Labute approximate surface area is 142 Å². The minimum Gasteiger partial charge on any atom is -0.450 e. The minimum atomic E-state index is -0.744. The van der Waals surface area contributed by atoms with Crippen LogP contribution in [-0.2, 0) is 14.3 Å². The Morgan fingerprint density at radius 2 is 1.88 bits per heavy atom. The van der Waals surface area contributed by atoms with Crippen molar-refractivity contribution in [3.63, 3.8) is 0 Å². The van der Waals surface area contributed by atoms with Crippen molar-refractivity contribution in [2.24, 2.45) is 5.73 Å². The van der Waals surface area contributed by atoms with Crippen molar-refractivity contribution in [1.82, 2.24) is 5.32 Å². The molecule has 1 aromatic heterocycles. The molecule has 3 rings (SSSR count). The highest BCUT2D eigenvalue weighted by Gasteiger charge is 2.21. The first kappa shape index (κ1) is 16.5. The Morgan fingerprint density at radius 3 is 2.64 bits per heavy atom. The molecule has 25 heavy (non-hydrogen) atoms. The monoisotopic (exact) mass is 340 g/mol. The van der Waals surface area contributed by atoms with E-state index >= 15 is 0 Å². The van der Waals surface area contributed by atoms with Gasteiger partial charge in [0.2, 0.25) is 11.7 Å². The predicted octanol–water partition coefficient (Wildman–Crippen LogP) is 1.65. The molecular formula is C18H16N2O5. The lowest BCUT2D eigenvalue weighted by molar-refractivity contribution is -0.127. The van der Waals surface area contributed by atoms with Crippen molar-refractivity contribution in [3.8, 4) is 0 Å². The maximum Gasteiger partial charge on any atom is 0.375 e. The van der Waals surface area contributed by atoms with Crippen molar-refractivity contribution < 1.29 is 23.5 Å². The number of hydrogen-bond acceptors (Lipinski definition) is 5. The van der Waals surface area contributed by atoms with Crippen molar-refractivity contribution in [3.05, 3.63) is 47.7 Å². The van der Waals surface area contributed by atoms with Crippen molar-refractivity contribution in [2.75, 3.05) is 13.2 Å². The Bertz CT molecular complexity index is 990. The van der Waals surface area contributed by atoms with Gasteiger partial charge in [-0.15, -0.1) is 0 Å². The fourth-order valence-electron chi connectivity index (χ4n) is 2.58. The molecule has 0 bridgehead atoms. The van der Waals surface area contributed by atoms with Gasteiger partial charge in [-0.25, -0.2) is 4.79 Å². The molecule has 7 nitrogen and oxygen atoms in total. The van der Waals surface area contributed by atoms with Gasteiger partial charge in [0.1, 0.15) is 5.58 Å². The van der Waals surface area contributed by atoms with E-state index in [2.05, 4.69) is 5.32 Å². The van der Waals surface area contributed by atoms with Gasteiger partial charge in [0.25, 0.3) is 5.91 Å². The number of carbonyl (C=O) groups is 3. The van der Waals surface area contributed by atoms with Crippen LogP contribution in [0, 0.1) is 6.92 Å². The van der Waals surface area contributed by atoms with Crippen LogP contribution in [0.1, 0.15) is 16.1 Å². The molecule has 1 heterocycles. The molecule has 0 spiro atoms. The number of amides is 2. The van der Waals surface area contributed by atoms with Gasteiger partial charge in [0.15, 0.2) is 6.61 Å². The lowest BCUT2D eigenvalue weighted by Gasteiger charge is -2.04. The lowest BCUT2D eigenvalue weighted by Crippen LogP contribution is -2.36. The SMILES string of the molecule is Cc1c(C(=O)OCC(=O)NCC(N)=O)oc2c1ccc1ccccc12. The molecule has 128 valence electrons. The molecule has 3 aromatic rings. The van der Waals surface area contributed by atoms with E-state index in [1.807, 2.05) is 36.4 Å². The predicted molar refractivity (Wildman–Crippen MR) is 90.9 cm³/mol. The third kappa shape index (κ3) is 3.30. The standard InChI is InChI=1S/C18H16N2O5/c1-10-12-7-6-11-4-2-3-5-13(11)17(12)25-16(10)18(23)24-9-15(22)20-8-14(19)21/h2-7H,8-9H2,1H3,(H2,19,21)(H,20,22). The maximum atomic E-state index is 12.2. The molecule has 2 aromatic carbocycles. The first-order valence-electron chi connectivity index (χ1n) is 7.60. The number of aryl methyl sites for hydroxylation is 1. The van der Waals surface area contributed by atoms with E-state index < -0.39 is 24.4 Å². The third-order valence-electron chi connectivity index (χ3n) is 3.81. The van der Waals surface area contributed by atoms with Crippen LogP contribution < -0.4 is 11.1 Å². The zero-order valence-corrected chi connectivity index (χ0v) is 13.5. The first-order valence-corrected chi connectivity index (χ1v) is 7.60. The van der Waals surface area contributed by atoms with Gasteiger partial charge in [0.05, 0.1) is 6.54 Å². The maximum absolute atomic E-state index is 12.2. The highest BCUT2D eigenvalue weighted by molar-refractivity contribution is 6.08. The van der Waals surface area contributed by atoms with Crippen molar-refractivity contribution in [1.29, 1.82) is 0 Å². The molecule has 0 aliphatic carbocycles. The van der Waals surface area contributed by atoms with Gasteiger partial charge in [-0.1, -0.05) is 36.4 Å². The van der Waals surface area contributed by atoms with Crippen LogP contribution in [0.2, 0.25) is 0 Å². The van der Waals surface area contributed by atoms with E-state index in [-0.39, 0.29) is 12.3 Å². The topological polar surface area (TPSA) is 112 Å². The summed E-state index contributed by atoms with van der Waals surface area (Å²) in [5, 5.41) is 4.93. The number of fused-ring (bicyclic) bond motifs is 3. The van der Waals surface area contributed by atoms with E-state index in [9.17, 15) is 14.4 Å². The van der Waals surface area contributed by atoms with Crippen LogP contribution in [0.4, 0.5) is 0 Å². The molecule has 0 saturated heterocycles. The largest absolute Gasteiger partial charge is 0.450 e. The number of ether oxygens (including phenoxy) is 1. The summed E-state index contributed by atoms with van der Waals surface area (Å²) in [6, 6.07) is 11.5. The van der Waals surface area contributed by atoms with Crippen LogP contribution in [0.15, 0.2) is 40.8 Å². The summed E-state index contributed by atoms with van der Waals surface area (Å²) in [6.07, 6.45) is 0. The molecule has 3 N–H and O–H groups in total. The molecule has 2 amide bonds. The number of hydrogen-bond donors (Lipinski definition) is 2. The lowest BCUT2D eigenvalue weighted by atomic mass is 10.1. The Hall–Kier alpha value is -3.35. The summed E-state index contributed by atoms with van der Waals surface area (Å²) in [7, 11) is 0. The first-order chi connectivity index (χ1) is 12.0. The molecular weight excluding hydrogens is 324 g/mol. The third-order valence-corrected chi connectivity index (χ3v) is 3.81. The van der Waals surface area contributed by atoms with Gasteiger partial charge >= 0.3 is 5.97 Å². The van der Waals surface area contributed by atoms with Gasteiger partial charge in [0, 0.05) is 16.3 Å². The van der Waals surface area contributed by atoms with E-state index in [0.717, 1.165) is 16.2 Å². The summed E-state index contributed by atoms with van der Waals surface area (Å²) in [6.45, 7) is 0.916. The summed E-state index contributed by atoms with van der Waals surface area (Å²) in [5.41, 5.74) is 6.16. The molecule has 0 aliphatic heterocycles. The highest BCUT2D eigenvalue weighted by Crippen LogP contribution is 2.31. The molecule has 0 unspecified atom stereocenters. The van der Waals surface area contributed by atoms with Crippen LogP contribution in [-0.4, -0.2) is 30.9 Å². The number of primary amides is 1. The van der Waals surface area contributed by atoms with E-state index in [1.54, 1.807) is 6.92 Å². The molecule has 0 aliphatic rings. The summed E-state index contributed by atoms with van der Waals surface area (Å²) < 4.78 is 10.7. The Kier molecular flexibility index (Phi) is 4.38. The number of nitrogens with one attached hydrogen (secondary N) is 1. The Balaban J connectivity index is 1.82. The van der Waals surface area contributed by atoms with Gasteiger partial charge in [-0.05, 0) is 12.3 Å². The number of furan rings is 1. The average Bonchev–Trinajstić information content (AvgIpc) is 2.95. The molecule has 0 radical (unpaired) electrons. The second-order valence-electron chi connectivity index (χ2n) is 5.54. The van der Waals surface area contributed by atoms with Gasteiger partial charge in [-0.2, -0.15) is 0 Å². The number of benzene rings is 2. The van der Waals surface area contributed by atoms with Crippen molar-refractivity contribution >= 4 is 39.5 Å². The van der Waals surface area contributed by atoms with Crippen LogP contribution >= 0.6 is 0 Å². The number of nitrogens with two attached hydrogens (primary N) is 1. The second-order valence-corrected chi connectivity index (χ2v) is 5.54. The summed E-state index contributed by atoms with van der Waals surface area (Å²) in [4.78, 5) is 34.3. The zero-order chi connectivity index (χ0) is 18.0. The zero-order valence-electron chi connectivity index (χ0n) is 13.5. The number of rotatable bonds is 5. The fraction of sp³-hybridized carbons (Fsp3) is 0.167. The quantitative estimate of drug-likeness (QED) is 0.686. The molecule has 0 fully saturated rings. The summed E-state index contributed by atoms with van der Waals surface area (Å²) >= 11 is 0. The van der Waals surface area contributed by atoms with Crippen LogP contribution in [0.3, 0.4) is 0 Å². The molecule has 0 atom stereocenters. The van der Waals surface area contributed by atoms with Crippen LogP contribution in [0.5, 0.6) is 0 Å². The van der Waals surface area contributed by atoms with Crippen LogP contribution in [0.25, 0.3) is 21.7 Å². The van der Waals surface area contributed by atoms with E-state index in [0.29, 0.717) is 11.1 Å². The molecule has 0 saturated carbocycles. The fourth-order valence-corrected chi connectivity index (χ4v) is 2.58. The second kappa shape index (κ2) is 6.64. The van der Waals surface area contributed by atoms with Gasteiger partial charge in [-0.3, -0.25) is 9.59 Å². The van der Waals surface area contributed by atoms with E-state index in [4.69, 9.17) is 14.9 Å². The number of carbonyl (C=O) groups excluding carboxylic acids is 3. The average molecular weight is 340 g/mol. The highest BCUT2D eigenvalue weighted by atomic mass is 16.5. The Morgan fingerprint density at radius 1 is 1.12 bits per heavy atom. The van der Waals surface area contributed by atoms with E-state index in [1.165, 1.54) is 0 Å². The van der Waals surface area contributed by atoms with Gasteiger partial charge < -0.3 is 20.2 Å². The minimum absolute atomic E-state index is 0.0501. The normalized spacial score (nSPS) is 10.8. The smallest absolute Gasteiger partial charge is 0.375 e. The van der Waals surface area contributed by atoms with Crippen molar-refractivity contribution in [2.45, 2.75) is 6.92 Å². The summed E-state index contributed by atoms with van der Waals surface area (Å²) in [5.74, 6) is -1.99. The molecule has 7 heteroatoms.